The van der Waals surface area contributed by atoms with Crippen molar-refractivity contribution in [2.45, 2.75) is 44.4 Å². The summed E-state index contributed by atoms with van der Waals surface area (Å²) in [5, 5.41) is 7.37. The number of nitrogens with one attached hydrogen (secondary N) is 1. The van der Waals surface area contributed by atoms with Gasteiger partial charge in [-0.1, -0.05) is 5.16 Å². The highest BCUT2D eigenvalue weighted by Crippen LogP contribution is 2.32. The predicted molar refractivity (Wildman–Crippen MR) is 63.0 cm³/mol. The highest BCUT2D eigenvalue weighted by Gasteiger charge is 2.40. The van der Waals surface area contributed by atoms with Gasteiger partial charge in [-0.2, -0.15) is 4.98 Å². The fraction of sp³-hybridized carbons (Fsp3) is 0.833. The average Bonchev–Trinajstić information content (AvgIpc) is 2.97. The van der Waals surface area contributed by atoms with Crippen LogP contribution in [0.5, 0.6) is 0 Å². The van der Waals surface area contributed by atoms with E-state index in [1.807, 2.05) is 0 Å². The van der Waals surface area contributed by atoms with Crippen LogP contribution < -0.4 is 5.32 Å². The van der Waals surface area contributed by atoms with Crippen LogP contribution in [-0.2, 0) is 16.0 Å². The average molecular weight is 253 g/mol. The molecule has 1 spiro atoms. The fourth-order valence-electron chi connectivity index (χ4n) is 2.71. The lowest BCUT2D eigenvalue weighted by molar-refractivity contribution is -0.0895. The van der Waals surface area contributed by atoms with Crippen molar-refractivity contribution in [3.05, 3.63) is 11.7 Å². The first kappa shape index (κ1) is 12.1. The van der Waals surface area contributed by atoms with Crippen LogP contribution in [0.4, 0.5) is 0 Å². The molecule has 2 aliphatic rings. The highest BCUT2D eigenvalue weighted by atomic mass is 16.6. The van der Waals surface area contributed by atoms with E-state index in [0.717, 1.165) is 44.9 Å². The van der Waals surface area contributed by atoms with Crippen LogP contribution in [0.25, 0.3) is 0 Å². The largest absolute Gasteiger partial charge is 0.378 e. The van der Waals surface area contributed by atoms with Gasteiger partial charge in [0.05, 0.1) is 18.8 Å². The molecule has 2 aliphatic heterocycles. The van der Waals surface area contributed by atoms with Crippen molar-refractivity contribution in [1.82, 2.24) is 15.5 Å². The molecule has 18 heavy (non-hydrogen) atoms. The number of hydrogen-bond acceptors (Lipinski definition) is 6. The van der Waals surface area contributed by atoms with Gasteiger partial charge in [0, 0.05) is 32.6 Å². The first-order chi connectivity index (χ1) is 8.76. The van der Waals surface area contributed by atoms with E-state index < -0.39 is 0 Å². The normalized spacial score (nSPS) is 32.2. The third-order valence-electron chi connectivity index (χ3n) is 3.68. The number of rotatable bonds is 3. The van der Waals surface area contributed by atoms with Crippen LogP contribution in [-0.4, -0.2) is 41.6 Å². The van der Waals surface area contributed by atoms with Crippen molar-refractivity contribution >= 4 is 0 Å². The molecule has 1 N–H and O–H groups in total. The summed E-state index contributed by atoms with van der Waals surface area (Å²) in [7, 11) is 0. The van der Waals surface area contributed by atoms with E-state index >= 15 is 0 Å². The van der Waals surface area contributed by atoms with E-state index in [1.54, 1.807) is 6.92 Å². The van der Waals surface area contributed by atoms with Crippen molar-refractivity contribution in [2.24, 2.45) is 0 Å². The highest BCUT2D eigenvalue weighted by molar-refractivity contribution is 4.93. The smallest absolute Gasteiger partial charge is 0.223 e. The molecule has 2 atom stereocenters. The SMILES string of the molecule is Cc1nc(CNC2CCOC3(CCOC3)C2)no1. The number of aryl methyl sites for hydroxylation is 1. The summed E-state index contributed by atoms with van der Waals surface area (Å²) in [5.41, 5.74) is -0.0525. The van der Waals surface area contributed by atoms with Crippen LogP contribution in [0.1, 0.15) is 31.0 Å². The van der Waals surface area contributed by atoms with Gasteiger partial charge in [-0.3, -0.25) is 0 Å². The molecule has 0 radical (unpaired) electrons. The summed E-state index contributed by atoms with van der Waals surface area (Å²) >= 11 is 0. The monoisotopic (exact) mass is 253 g/mol. The minimum absolute atomic E-state index is 0.0525. The lowest BCUT2D eigenvalue weighted by Gasteiger charge is -2.37. The molecule has 3 heterocycles. The Morgan fingerprint density at radius 3 is 3.11 bits per heavy atom. The Kier molecular flexibility index (Phi) is 3.32. The van der Waals surface area contributed by atoms with E-state index in [-0.39, 0.29) is 5.60 Å². The zero-order valence-electron chi connectivity index (χ0n) is 10.6. The second-order valence-electron chi connectivity index (χ2n) is 5.13. The zero-order valence-corrected chi connectivity index (χ0v) is 10.6. The third-order valence-corrected chi connectivity index (χ3v) is 3.68. The zero-order chi connectivity index (χ0) is 12.4. The van der Waals surface area contributed by atoms with Gasteiger partial charge in [0.2, 0.25) is 5.89 Å². The van der Waals surface area contributed by atoms with Crippen LogP contribution >= 0.6 is 0 Å². The van der Waals surface area contributed by atoms with Crippen molar-refractivity contribution < 1.29 is 14.0 Å². The Morgan fingerprint density at radius 2 is 2.39 bits per heavy atom. The van der Waals surface area contributed by atoms with Crippen molar-refractivity contribution in [3.63, 3.8) is 0 Å². The standard InChI is InChI=1S/C12H19N3O3/c1-9-14-11(15-18-9)7-13-10-2-4-17-12(6-10)3-5-16-8-12/h10,13H,2-8H2,1H3. The Bertz CT molecular complexity index is 401. The summed E-state index contributed by atoms with van der Waals surface area (Å²) in [4.78, 5) is 4.19. The molecule has 1 aromatic rings. The molecule has 100 valence electrons. The van der Waals surface area contributed by atoms with E-state index in [9.17, 15) is 0 Å². The molecule has 6 nitrogen and oxygen atoms in total. The van der Waals surface area contributed by atoms with Gasteiger partial charge in [0.1, 0.15) is 0 Å². The molecule has 0 amide bonds. The summed E-state index contributed by atoms with van der Waals surface area (Å²) in [5.74, 6) is 1.33. The van der Waals surface area contributed by atoms with Gasteiger partial charge in [0.15, 0.2) is 5.82 Å². The second kappa shape index (κ2) is 4.95. The minimum Gasteiger partial charge on any atom is -0.378 e. The van der Waals surface area contributed by atoms with Crippen molar-refractivity contribution in [3.8, 4) is 0 Å². The Balaban J connectivity index is 1.53. The van der Waals surface area contributed by atoms with Crippen molar-refractivity contribution in [1.29, 1.82) is 0 Å². The number of aromatic nitrogens is 2. The molecular formula is C12H19N3O3. The van der Waals surface area contributed by atoms with Gasteiger partial charge < -0.3 is 19.3 Å². The second-order valence-corrected chi connectivity index (χ2v) is 5.13. The van der Waals surface area contributed by atoms with Gasteiger partial charge in [-0.15, -0.1) is 0 Å². The van der Waals surface area contributed by atoms with E-state index in [4.69, 9.17) is 14.0 Å². The maximum absolute atomic E-state index is 5.90. The molecule has 2 saturated heterocycles. The van der Waals surface area contributed by atoms with Gasteiger partial charge in [-0.25, -0.2) is 0 Å². The van der Waals surface area contributed by atoms with E-state index in [0.29, 0.717) is 18.5 Å². The molecule has 0 aromatic carbocycles. The fourth-order valence-corrected chi connectivity index (χ4v) is 2.71. The van der Waals surface area contributed by atoms with Gasteiger partial charge in [0.25, 0.3) is 0 Å². The van der Waals surface area contributed by atoms with E-state index in [1.165, 1.54) is 0 Å². The lowest BCUT2D eigenvalue weighted by Crippen LogP contribution is -2.47. The maximum Gasteiger partial charge on any atom is 0.223 e. The van der Waals surface area contributed by atoms with Gasteiger partial charge >= 0.3 is 0 Å². The Hall–Kier alpha value is -0.980. The summed E-state index contributed by atoms with van der Waals surface area (Å²) in [6, 6.07) is 0.444. The summed E-state index contributed by atoms with van der Waals surface area (Å²) in [6.45, 7) is 4.80. The topological polar surface area (TPSA) is 69.4 Å². The Labute approximate surface area is 106 Å². The third kappa shape index (κ3) is 2.55. The molecule has 0 bridgehead atoms. The maximum atomic E-state index is 5.90. The molecule has 6 heteroatoms. The molecule has 2 fully saturated rings. The molecule has 1 aromatic heterocycles. The number of hydrogen-bond donors (Lipinski definition) is 1. The lowest BCUT2D eigenvalue weighted by atomic mass is 9.90. The first-order valence-corrected chi connectivity index (χ1v) is 6.50. The van der Waals surface area contributed by atoms with Crippen molar-refractivity contribution in [2.75, 3.05) is 19.8 Å². The van der Waals surface area contributed by atoms with Crippen LogP contribution in [0.15, 0.2) is 4.52 Å². The minimum atomic E-state index is -0.0525. The number of ether oxygens (including phenoxy) is 2. The number of nitrogens with zero attached hydrogens (tertiary/aromatic N) is 2. The van der Waals surface area contributed by atoms with Crippen LogP contribution in [0.3, 0.4) is 0 Å². The van der Waals surface area contributed by atoms with Crippen LogP contribution in [0, 0.1) is 6.92 Å². The summed E-state index contributed by atoms with van der Waals surface area (Å²) in [6.07, 6.45) is 3.04. The molecule has 2 unspecified atom stereocenters. The molecule has 0 saturated carbocycles. The van der Waals surface area contributed by atoms with Crippen LogP contribution in [0.2, 0.25) is 0 Å². The van der Waals surface area contributed by atoms with Gasteiger partial charge in [-0.05, 0) is 12.8 Å². The quantitative estimate of drug-likeness (QED) is 0.859. The Morgan fingerprint density at radius 1 is 1.44 bits per heavy atom. The molecular weight excluding hydrogens is 234 g/mol. The first-order valence-electron chi connectivity index (χ1n) is 6.50. The van der Waals surface area contributed by atoms with E-state index in [2.05, 4.69) is 15.5 Å². The molecule has 3 rings (SSSR count). The molecule has 0 aliphatic carbocycles. The predicted octanol–water partition coefficient (Wildman–Crippen LogP) is 0.806. The summed E-state index contributed by atoms with van der Waals surface area (Å²) < 4.78 is 16.3.